The lowest BCUT2D eigenvalue weighted by Gasteiger charge is -2.01. The average Bonchev–Trinajstić information content (AvgIpc) is 2.34. The molecule has 0 aliphatic carbocycles. The van der Waals surface area contributed by atoms with Gasteiger partial charge >= 0.3 is 5.97 Å². The predicted octanol–water partition coefficient (Wildman–Crippen LogP) is 3.52. The maximum atomic E-state index is 11.7. The predicted molar refractivity (Wildman–Crippen MR) is 70.0 cm³/mol. The molecule has 1 aromatic carbocycles. The number of hydrogen-bond acceptors (Lipinski definition) is 2. The molecule has 0 saturated carbocycles. The molecule has 0 amide bonds. The number of carbonyl (C=O) groups excluding carboxylic acids is 1. The quantitative estimate of drug-likeness (QED) is 0.476. The molecule has 1 aromatic rings. The molecule has 0 bridgehead atoms. The van der Waals surface area contributed by atoms with E-state index in [4.69, 9.17) is 5.11 Å². The van der Waals surface area contributed by atoms with Crippen LogP contribution in [0.3, 0.4) is 0 Å². The van der Waals surface area contributed by atoms with Crippen molar-refractivity contribution >= 4 is 27.7 Å². The van der Waals surface area contributed by atoms with Crippen LogP contribution in [-0.4, -0.2) is 22.2 Å². The first-order valence-corrected chi connectivity index (χ1v) is 6.70. The van der Waals surface area contributed by atoms with Gasteiger partial charge in [-0.2, -0.15) is 0 Å². The van der Waals surface area contributed by atoms with Gasteiger partial charge in [-0.25, -0.2) is 4.79 Å². The third-order valence-electron chi connectivity index (χ3n) is 2.49. The summed E-state index contributed by atoms with van der Waals surface area (Å²) in [6.45, 7) is 0. The number of benzene rings is 1. The first-order valence-electron chi connectivity index (χ1n) is 5.57. The van der Waals surface area contributed by atoms with E-state index in [-0.39, 0.29) is 11.3 Å². The highest BCUT2D eigenvalue weighted by Crippen LogP contribution is 2.10. The van der Waals surface area contributed by atoms with Crippen LogP contribution in [0, 0.1) is 0 Å². The van der Waals surface area contributed by atoms with Gasteiger partial charge in [0.25, 0.3) is 0 Å². The molecule has 92 valence electrons. The second kappa shape index (κ2) is 7.22. The summed E-state index contributed by atoms with van der Waals surface area (Å²) < 4.78 is 0. The number of unbranched alkanes of at least 4 members (excludes halogenated alkanes) is 2. The Hall–Kier alpha value is -1.16. The fraction of sp³-hybridized carbons (Fsp3) is 0.385. The van der Waals surface area contributed by atoms with E-state index in [2.05, 4.69) is 15.9 Å². The van der Waals surface area contributed by atoms with Crippen LogP contribution in [0.2, 0.25) is 0 Å². The molecule has 17 heavy (non-hydrogen) atoms. The number of rotatable bonds is 7. The van der Waals surface area contributed by atoms with E-state index in [0.717, 1.165) is 24.6 Å². The molecular weight excluding hydrogens is 284 g/mol. The summed E-state index contributed by atoms with van der Waals surface area (Å²) in [6.07, 6.45) is 3.51. The second-order valence-corrected chi connectivity index (χ2v) is 4.60. The van der Waals surface area contributed by atoms with Gasteiger partial charge in [0.2, 0.25) is 0 Å². The Morgan fingerprint density at radius 3 is 2.12 bits per heavy atom. The zero-order chi connectivity index (χ0) is 12.7. The van der Waals surface area contributed by atoms with Crippen molar-refractivity contribution in [2.75, 3.05) is 5.33 Å². The van der Waals surface area contributed by atoms with Crippen LogP contribution in [0.15, 0.2) is 24.3 Å². The zero-order valence-electron chi connectivity index (χ0n) is 9.49. The molecule has 1 rings (SSSR count). The van der Waals surface area contributed by atoms with Crippen molar-refractivity contribution < 1.29 is 14.7 Å². The summed E-state index contributed by atoms with van der Waals surface area (Å²) in [7, 11) is 0. The van der Waals surface area contributed by atoms with Gasteiger partial charge in [-0.1, -0.05) is 34.5 Å². The highest BCUT2D eigenvalue weighted by molar-refractivity contribution is 9.09. The Balaban J connectivity index is 2.49. The van der Waals surface area contributed by atoms with Gasteiger partial charge in [0, 0.05) is 17.3 Å². The number of hydrogen-bond donors (Lipinski definition) is 1. The lowest BCUT2D eigenvalue weighted by molar-refractivity contribution is 0.0696. The molecule has 0 spiro atoms. The largest absolute Gasteiger partial charge is 0.478 e. The van der Waals surface area contributed by atoms with Crippen molar-refractivity contribution in [3.63, 3.8) is 0 Å². The molecule has 0 heterocycles. The minimum absolute atomic E-state index is 0.0801. The van der Waals surface area contributed by atoms with E-state index < -0.39 is 5.97 Å². The molecule has 1 N–H and O–H groups in total. The number of aromatic carboxylic acids is 1. The number of alkyl halides is 1. The smallest absolute Gasteiger partial charge is 0.335 e. The lowest BCUT2D eigenvalue weighted by Crippen LogP contribution is -2.01. The normalized spacial score (nSPS) is 10.2. The molecule has 0 saturated heterocycles. The van der Waals surface area contributed by atoms with Gasteiger partial charge in [0.1, 0.15) is 0 Å². The molecule has 0 atom stereocenters. The van der Waals surface area contributed by atoms with Gasteiger partial charge < -0.3 is 5.11 Å². The first kappa shape index (κ1) is 13.9. The number of carboxylic acids is 1. The molecule has 0 aliphatic rings. The molecular formula is C13H15BrO3. The van der Waals surface area contributed by atoms with Crippen LogP contribution in [-0.2, 0) is 0 Å². The minimum atomic E-state index is -0.971. The van der Waals surface area contributed by atoms with E-state index >= 15 is 0 Å². The van der Waals surface area contributed by atoms with Crippen LogP contribution in [0.5, 0.6) is 0 Å². The first-order chi connectivity index (χ1) is 8.15. The standard InChI is InChI=1S/C13H15BrO3/c14-9-3-1-2-4-12(15)10-5-7-11(8-6-10)13(16)17/h5-8H,1-4,9H2,(H,16,17). The molecule has 0 unspecified atom stereocenters. The van der Waals surface area contributed by atoms with Crippen molar-refractivity contribution in [3.05, 3.63) is 35.4 Å². The van der Waals surface area contributed by atoms with Crippen LogP contribution in [0.25, 0.3) is 0 Å². The van der Waals surface area contributed by atoms with Crippen molar-refractivity contribution in [3.8, 4) is 0 Å². The van der Waals surface area contributed by atoms with Crippen molar-refractivity contribution in [1.29, 1.82) is 0 Å². The minimum Gasteiger partial charge on any atom is -0.478 e. The van der Waals surface area contributed by atoms with Gasteiger partial charge in [0.15, 0.2) is 5.78 Å². The summed E-state index contributed by atoms with van der Waals surface area (Å²) >= 11 is 3.34. The number of carbonyl (C=O) groups is 2. The third kappa shape index (κ3) is 4.69. The monoisotopic (exact) mass is 298 g/mol. The van der Waals surface area contributed by atoms with E-state index in [0.29, 0.717) is 12.0 Å². The molecule has 0 radical (unpaired) electrons. The van der Waals surface area contributed by atoms with Gasteiger partial charge in [-0.05, 0) is 25.0 Å². The van der Waals surface area contributed by atoms with Crippen molar-refractivity contribution in [2.45, 2.75) is 25.7 Å². The van der Waals surface area contributed by atoms with E-state index in [1.54, 1.807) is 12.1 Å². The van der Waals surface area contributed by atoms with Gasteiger partial charge in [-0.3, -0.25) is 4.79 Å². The number of Topliss-reactive ketones (excluding diaryl/α,β-unsaturated/α-hetero) is 1. The van der Waals surface area contributed by atoms with Crippen molar-refractivity contribution in [1.82, 2.24) is 0 Å². The van der Waals surface area contributed by atoms with Crippen LogP contribution >= 0.6 is 15.9 Å². The summed E-state index contributed by atoms with van der Waals surface area (Å²) in [4.78, 5) is 22.4. The highest BCUT2D eigenvalue weighted by Gasteiger charge is 2.07. The third-order valence-corrected chi connectivity index (χ3v) is 3.05. The second-order valence-electron chi connectivity index (χ2n) is 3.81. The summed E-state index contributed by atoms with van der Waals surface area (Å²) in [6, 6.07) is 6.09. The fourth-order valence-corrected chi connectivity index (χ4v) is 1.90. The Kier molecular flexibility index (Phi) is 5.91. The number of ketones is 1. The zero-order valence-corrected chi connectivity index (χ0v) is 11.1. The SMILES string of the molecule is O=C(O)c1ccc(C(=O)CCCCCBr)cc1. The van der Waals surface area contributed by atoms with Crippen LogP contribution in [0.4, 0.5) is 0 Å². The number of halogens is 1. The summed E-state index contributed by atoms with van der Waals surface area (Å²) in [5, 5.41) is 9.69. The van der Waals surface area contributed by atoms with Crippen molar-refractivity contribution in [2.24, 2.45) is 0 Å². The lowest BCUT2D eigenvalue weighted by atomic mass is 10.0. The van der Waals surface area contributed by atoms with E-state index in [9.17, 15) is 9.59 Å². The topological polar surface area (TPSA) is 54.4 Å². The van der Waals surface area contributed by atoms with E-state index in [1.807, 2.05) is 0 Å². The maximum absolute atomic E-state index is 11.7. The molecule has 0 fully saturated rings. The molecule has 3 nitrogen and oxygen atoms in total. The van der Waals surface area contributed by atoms with Gasteiger partial charge in [-0.15, -0.1) is 0 Å². The Labute approximate surface area is 109 Å². The number of carboxylic acid groups (broad SMARTS) is 1. The summed E-state index contributed by atoms with van der Waals surface area (Å²) in [5.74, 6) is -0.891. The highest BCUT2D eigenvalue weighted by atomic mass is 79.9. The molecule has 0 aromatic heterocycles. The maximum Gasteiger partial charge on any atom is 0.335 e. The summed E-state index contributed by atoms with van der Waals surface area (Å²) in [5.41, 5.74) is 0.801. The van der Waals surface area contributed by atoms with Crippen LogP contribution < -0.4 is 0 Å². The van der Waals surface area contributed by atoms with Crippen LogP contribution in [0.1, 0.15) is 46.4 Å². The Bertz CT molecular complexity index is 384. The Morgan fingerprint density at radius 1 is 1.00 bits per heavy atom. The Morgan fingerprint density at radius 2 is 1.59 bits per heavy atom. The fourth-order valence-electron chi connectivity index (χ4n) is 1.50. The average molecular weight is 299 g/mol. The van der Waals surface area contributed by atoms with E-state index in [1.165, 1.54) is 12.1 Å². The molecule has 4 heteroatoms. The van der Waals surface area contributed by atoms with Gasteiger partial charge in [0.05, 0.1) is 5.56 Å². The molecule has 0 aliphatic heterocycles.